The van der Waals surface area contributed by atoms with Crippen LogP contribution < -0.4 is 5.32 Å². The fraction of sp³-hybridized carbons (Fsp3) is 0.818. The Balaban J connectivity index is 1.70. The third kappa shape index (κ3) is 1.86. The normalized spacial score (nSPS) is 32.6. The molecule has 0 aromatic heterocycles. The number of amides is 3. The predicted molar refractivity (Wildman–Crippen MR) is 58.9 cm³/mol. The van der Waals surface area contributed by atoms with Crippen molar-refractivity contribution in [2.45, 2.75) is 37.8 Å². The highest BCUT2D eigenvalue weighted by molar-refractivity contribution is 5.88. The van der Waals surface area contributed by atoms with Crippen molar-refractivity contribution in [1.29, 1.82) is 0 Å². The number of hydrogen-bond donors (Lipinski definition) is 1. The van der Waals surface area contributed by atoms with E-state index in [0.29, 0.717) is 19.7 Å². The van der Waals surface area contributed by atoms with E-state index in [9.17, 15) is 9.59 Å². The second-order valence-corrected chi connectivity index (χ2v) is 4.87. The summed E-state index contributed by atoms with van der Waals surface area (Å²) in [4.78, 5) is 30.9. The Morgan fingerprint density at radius 3 is 3.00 bits per heavy atom. The van der Waals surface area contributed by atoms with E-state index in [-0.39, 0.29) is 24.0 Å². The van der Waals surface area contributed by atoms with Gasteiger partial charge in [0.1, 0.15) is 6.04 Å². The zero-order valence-electron chi connectivity index (χ0n) is 9.72. The average Bonchev–Trinajstić information content (AvgIpc) is 2.66. The minimum absolute atomic E-state index is 0.0554. The number of carbonyl (C=O) groups is 2. The number of nitrogens with zero attached hydrogens (tertiary/aromatic N) is 2. The molecule has 0 aromatic carbocycles. The maximum atomic E-state index is 12.3. The van der Waals surface area contributed by atoms with Gasteiger partial charge in [0.05, 0.1) is 6.61 Å². The molecule has 1 N–H and O–H groups in total. The Morgan fingerprint density at radius 1 is 1.35 bits per heavy atom. The fourth-order valence-corrected chi connectivity index (χ4v) is 2.76. The summed E-state index contributed by atoms with van der Waals surface area (Å²) in [6.07, 6.45) is 3.60. The number of carbonyl (C=O) groups excluding carboxylic acids is 2. The summed E-state index contributed by atoms with van der Waals surface area (Å²) in [5.74, 6) is -0.0554. The molecule has 0 aromatic rings. The summed E-state index contributed by atoms with van der Waals surface area (Å²) in [6, 6.07) is -0.205. The van der Waals surface area contributed by atoms with Crippen molar-refractivity contribution < 1.29 is 14.4 Å². The lowest BCUT2D eigenvalue weighted by molar-refractivity contribution is -0.201. The first-order valence-electron chi connectivity index (χ1n) is 6.27. The fourth-order valence-electron chi connectivity index (χ4n) is 2.76. The third-order valence-corrected chi connectivity index (χ3v) is 3.70. The summed E-state index contributed by atoms with van der Waals surface area (Å²) in [6.45, 7) is 1.91. The van der Waals surface area contributed by atoms with Gasteiger partial charge in [0, 0.05) is 19.1 Å². The van der Waals surface area contributed by atoms with Crippen molar-refractivity contribution in [1.82, 2.24) is 15.3 Å². The van der Waals surface area contributed by atoms with Crippen LogP contribution in [-0.4, -0.2) is 53.7 Å². The molecule has 3 heterocycles. The van der Waals surface area contributed by atoms with Crippen LogP contribution in [0.4, 0.5) is 4.79 Å². The minimum Gasteiger partial charge on any atom is -0.333 e. The van der Waals surface area contributed by atoms with Gasteiger partial charge in [-0.25, -0.2) is 9.86 Å². The second-order valence-electron chi connectivity index (χ2n) is 4.87. The largest absolute Gasteiger partial charge is 0.333 e. The molecule has 3 amide bonds. The minimum atomic E-state index is -0.327. The van der Waals surface area contributed by atoms with Crippen LogP contribution in [0.5, 0.6) is 0 Å². The molecule has 2 atom stereocenters. The molecule has 6 nitrogen and oxygen atoms in total. The number of hydroxylamine groups is 2. The van der Waals surface area contributed by atoms with E-state index in [4.69, 9.17) is 4.84 Å². The van der Waals surface area contributed by atoms with Crippen LogP contribution >= 0.6 is 0 Å². The number of nitrogens with one attached hydrogen (secondary N) is 1. The molecule has 17 heavy (non-hydrogen) atoms. The highest BCUT2D eigenvalue weighted by Gasteiger charge is 2.43. The molecule has 0 aliphatic carbocycles. The molecule has 6 heteroatoms. The number of urea groups is 1. The van der Waals surface area contributed by atoms with Crippen molar-refractivity contribution in [3.63, 3.8) is 0 Å². The monoisotopic (exact) mass is 239 g/mol. The van der Waals surface area contributed by atoms with Crippen molar-refractivity contribution >= 4 is 11.9 Å². The van der Waals surface area contributed by atoms with E-state index in [2.05, 4.69) is 5.32 Å². The van der Waals surface area contributed by atoms with Gasteiger partial charge in [0.15, 0.2) is 0 Å². The molecule has 3 saturated heterocycles. The van der Waals surface area contributed by atoms with Crippen molar-refractivity contribution in [2.24, 2.45) is 0 Å². The first-order chi connectivity index (χ1) is 8.25. The van der Waals surface area contributed by atoms with Crippen LogP contribution in [0.1, 0.15) is 25.7 Å². The van der Waals surface area contributed by atoms with Crippen LogP contribution in [0, 0.1) is 0 Å². The lowest BCUT2D eigenvalue weighted by Gasteiger charge is -2.34. The first-order valence-corrected chi connectivity index (χ1v) is 6.27. The molecule has 0 spiro atoms. The first kappa shape index (κ1) is 10.8. The highest BCUT2D eigenvalue weighted by Crippen LogP contribution is 2.25. The van der Waals surface area contributed by atoms with Crippen molar-refractivity contribution in [3.05, 3.63) is 0 Å². The van der Waals surface area contributed by atoms with Gasteiger partial charge in [-0.05, 0) is 25.7 Å². The van der Waals surface area contributed by atoms with E-state index in [1.165, 1.54) is 5.06 Å². The zero-order chi connectivity index (χ0) is 11.8. The zero-order valence-corrected chi connectivity index (χ0v) is 9.72. The maximum Gasteiger partial charge on any atom is 0.318 e. The molecule has 3 aliphatic heterocycles. The topological polar surface area (TPSA) is 61.9 Å². The van der Waals surface area contributed by atoms with E-state index >= 15 is 0 Å². The van der Waals surface area contributed by atoms with Crippen LogP contribution in [0.25, 0.3) is 0 Å². The molecule has 94 valence electrons. The number of fused-ring (bicyclic) bond motifs is 2. The second kappa shape index (κ2) is 4.18. The molecule has 3 aliphatic rings. The molecule has 3 fully saturated rings. The van der Waals surface area contributed by atoms with Crippen LogP contribution in [0.15, 0.2) is 0 Å². The van der Waals surface area contributed by atoms with Gasteiger partial charge in [-0.1, -0.05) is 0 Å². The summed E-state index contributed by atoms with van der Waals surface area (Å²) in [7, 11) is 0. The molecule has 3 rings (SSSR count). The lowest BCUT2D eigenvalue weighted by atomic mass is 10.0. The molecule has 2 bridgehead atoms. The maximum absolute atomic E-state index is 12.3. The summed E-state index contributed by atoms with van der Waals surface area (Å²) in [5.41, 5.74) is 0. The molecule has 0 saturated carbocycles. The van der Waals surface area contributed by atoms with Crippen LogP contribution in [0.3, 0.4) is 0 Å². The molecular weight excluding hydrogens is 222 g/mol. The van der Waals surface area contributed by atoms with Gasteiger partial charge in [-0.15, -0.1) is 0 Å². The van der Waals surface area contributed by atoms with Gasteiger partial charge in [-0.2, -0.15) is 0 Å². The average molecular weight is 239 g/mol. The molecular formula is C11H17N3O3. The van der Waals surface area contributed by atoms with Gasteiger partial charge in [0.25, 0.3) is 5.91 Å². The Morgan fingerprint density at radius 2 is 2.24 bits per heavy atom. The van der Waals surface area contributed by atoms with E-state index in [1.807, 2.05) is 0 Å². The Kier molecular flexibility index (Phi) is 2.66. The standard InChI is InChI=1S/C11H17N3O3/c15-10(14-5-1-2-6-17-14)9-4-3-8-7-13(9)11(16)12-8/h8-9H,1-7H2,(H,12,16). The van der Waals surface area contributed by atoms with E-state index < -0.39 is 0 Å². The van der Waals surface area contributed by atoms with Gasteiger partial charge in [-0.3, -0.25) is 9.63 Å². The number of hydrogen-bond acceptors (Lipinski definition) is 3. The third-order valence-electron chi connectivity index (χ3n) is 3.70. The number of piperidine rings is 1. The summed E-state index contributed by atoms with van der Waals surface area (Å²) < 4.78 is 0. The summed E-state index contributed by atoms with van der Waals surface area (Å²) >= 11 is 0. The Labute approximate surface area is 99.8 Å². The smallest absolute Gasteiger partial charge is 0.318 e. The Hall–Kier alpha value is -1.30. The number of rotatable bonds is 1. The lowest BCUT2D eigenvalue weighted by Crippen LogP contribution is -2.52. The van der Waals surface area contributed by atoms with Gasteiger partial charge >= 0.3 is 6.03 Å². The SMILES string of the molecule is O=C(C1CCC2CN1C(=O)N2)N1CCCCO1. The molecule has 2 unspecified atom stereocenters. The highest BCUT2D eigenvalue weighted by atomic mass is 16.7. The van der Waals surface area contributed by atoms with Gasteiger partial charge in [0.2, 0.25) is 0 Å². The van der Waals surface area contributed by atoms with Crippen LogP contribution in [-0.2, 0) is 9.63 Å². The predicted octanol–water partition coefficient (Wildman–Crippen LogP) is 0.0966. The van der Waals surface area contributed by atoms with Crippen molar-refractivity contribution in [3.8, 4) is 0 Å². The Bertz CT molecular complexity index is 341. The van der Waals surface area contributed by atoms with Crippen LogP contribution in [0.2, 0.25) is 0 Å². The van der Waals surface area contributed by atoms with E-state index in [1.54, 1.807) is 4.90 Å². The van der Waals surface area contributed by atoms with E-state index in [0.717, 1.165) is 25.7 Å². The molecule has 0 radical (unpaired) electrons. The van der Waals surface area contributed by atoms with Crippen molar-refractivity contribution in [2.75, 3.05) is 19.7 Å². The summed E-state index contributed by atoms with van der Waals surface area (Å²) in [5, 5.41) is 4.32. The van der Waals surface area contributed by atoms with Gasteiger partial charge < -0.3 is 10.2 Å². The quantitative estimate of drug-likeness (QED) is 0.705.